The van der Waals surface area contributed by atoms with Crippen molar-refractivity contribution in [2.75, 3.05) is 0 Å². The summed E-state index contributed by atoms with van der Waals surface area (Å²) in [6.45, 7) is 8.81. The number of hydrogen-bond donors (Lipinski definition) is 0. The fraction of sp³-hybridized carbons (Fsp3) is 0.400. The molecule has 0 aliphatic heterocycles. The van der Waals surface area contributed by atoms with Gasteiger partial charge in [0.1, 0.15) is 0 Å². The highest BCUT2D eigenvalue weighted by Gasteiger charge is 1.94. The van der Waals surface area contributed by atoms with Crippen LogP contribution in [0.5, 0.6) is 0 Å². The average molecular weight is 272 g/mol. The Labute approximate surface area is 126 Å². The van der Waals surface area contributed by atoms with E-state index in [1.54, 1.807) is 0 Å². The molecule has 0 unspecified atom stereocenters. The molecule has 0 aliphatic rings. The summed E-state index contributed by atoms with van der Waals surface area (Å²) in [5, 5.41) is 0. The van der Waals surface area contributed by atoms with Crippen molar-refractivity contribution in [2.24, 2.45) is 0 Å². The Morgan fingerprint density at radius 3 is 0.900 bits per heavy atom. The van der Waals surface area contributed by atoms with Crippen molar-refractivity contribution in [1.82, 2.24) is 0 Å². The first-order chi connectivity index (χ1) is 8.61. The highest BCUT2D eigenvalue weighted by molar-refractivity contribution is 5.18. The van der Waals surface area contributed by atoms with Crippen LogP contribution in [0.1, 0.15) is 65.5 Å². The Morgan fingerprint density at radius 1 is 0.500 bits per heavy atom. The van der Waals surface area contributed by atoms with Gasteiger partial charge in [0.05, 0.1) is 0 Å². The second-order valence-corrected chi connectivity index (χ2v) is 5.13. The van der Waals surface area contributed by atoms with Gasteiger partial charge in [-0.15, -0.1) is 0 Å². The molecule has 0 spiro atoms. The Bertz CT molecular complexity index is 369. The van der Waals surface area contributed by atoms with E-state index in [9.17, 15) is 0 Å². The molecular formula is C20H32. The van der Waals surface area contributed by atoms with Crippen LogP contribution in [0.15, 0.2) is 60.7 Å². The van der Waals surface area contributed by atoms with E-state index in [-0.39, 0.29) is 14.9 Å². The van der Waals surface area contributed by atoms with Crippen molar-refractivity contribution in [3.8, 4) is 0 Å². The third kappa shape index (κ3) is 7.78. The number of benzene rings is 2. The Balaban J connectivity index is 0. The molecule has 0 fully saturated rings. The van der Waals surface area contributed by atoms with Crippen molar-refractivity contribution in [3.63, 3.8) is 0 Å². The molecule has 0 nitrogen and oxygen atoms in total. The van der Waals surface area contributed by atoms with Gasteiger partial charge in [-0.1, -0.05) is 103 Å². The molecule has 2 rings (SSSR count). The third-order valence-corrected chi connectivity index (χ3v) is 2.93. The zero-order valence-electron chi connectivity index (χ0n) is 11.9. The molecule has 20 heavy (non-hydrogen) atoms. The second kappa shape index (κ2) is 11.3. The normalized spacial score (nSPS) is 9.10. The van der Waals surface area contributed by atoms with Gasteiger partial charge in [0.25, 0.3) is 0 Å². The summed E-state index contributed by atoms with van der Waals surface area (Å²) >= 11 is 0. The van der Waals surface area contributed by atoms with Crippen LogP contribution in [0.25, 0.3) is 0 Å². The van der Waals surface area contributed by atoms with Crippen LogP contribution in [-0.4, -0.2) is 0 Å². The summed E-state index contributed by atoms with van der Waals surface area (Å²) < 4.78 is 0. The second-order valence-electron chi connectivity index (χ2n) is 5.13. The van der Waals surface area contributed by atoms with Crippen molar-refractivity contribution in [3.05, 3.63) is 71.8 Å². The smallest absolute Gasteiger partial charge is 0.0219 e. The van der Waals surface area contributed by atoms with Gasteiger partial charge < -0.3 is 0 Å². The predicted octanol–water partition coefficient (Wildman–Crippen LogP) is 6.89. The van der Waals surface area contributed by atoms with Gasteiger partial charge in [0.15, 0.2) is 0 Å². The highest BCUT2D eigenvalue weighted by atomic mass is 14.0. The quantitative estimate of drug-likeness (QED) is 0.558. The molecular weight excluding hydrogens is 240 g/mol. The van der Waals surface area contributed by atoms with Crippen molar-refractivity contribution >= 4 is 0 Å². The van der Waals surface area contributed by atoms with Gasteiger partial charge >= 0.3 is 0 Å². The SMILES string of the molecule is C.C.CC(C)c1ccccc1.CC(C)c1ccccc1. The molecule has 0 aliphatic carbocycles. The summed E-state index contributed by atoms with van der Waals surface area (Å²) in [5.41, 5.74) is 2.83. The monoisotopic (exact) mass is 272 g/mol. The maximum Gasteiger partial charge on any atom is -0.0219 e. The maximum atomic E-state index is 2.20. The molecule has 0 N–H and O–H groups in total. The minimum atomic E-state index is 0. The lowest BCUT2D eigenvalue weighted by Crippen LogP contribution is -1.83. The van der Waals surface area contributed by atoms with Gasteiger partial charge in [-0.05, 0) is 23.0 Å². The Kier molecular flexibility index (Phi) is 11.7. The van der Waals surface area contributed by atoms with Crippen LogP contribution in [0.2, 0.25) is 0 Å². The minimum absolute atomic E-state index is 0. The molecule has 0 aromatic heterocycles. The largest absolute Gasteiger partial charge is 0.0776 e. The fourth-order valence-corrected chi connectivity index (χ4v) is 1.68. The Hall–Kier alpha value is -1.56. The van der Waals surface area contributed by atoms with Gasteiger partial charge in [-0.25, -0.2) is 0 Å². The van der Waals surface area contributed by atoms with Crippen LogP contribution in [0, 0.1) is 0 Å². The van der Waals surface area contributed by atoms with E-state index < -0.39 is 0 Å². The molecule has 2 aromatic rings. The van der Waals surface area contributed by atoms with E-state index in [0.717, 1.165) is 0 Å². The molecule has 0 amide bonds. The lowest BCUT2D eigenvalue weighted by atomic mass is 10.0. The van der Waals surface area contributed by atoms with E-state index in [1.165, 1.54) is 11.1 Å². The average Bonchev–Trinajstić information content (AvgIpc) is 2.41. The molecule has 0 radical (unpaired) electrons. The zero-order valence-corrected chi connectivity index (χ0v) is 11.9. The summed E-state index contributed by atoms with van der Waals surface area (Å²) in [6.07, 6.45) is 0. The summed E-state index contributed by atoms with van der Waals surface area (Å²) in [4.78, 5) is 0. The molecule has 0 saturated carbocycles. The summed E-state index contributed by atoms with van der Waals surface area (Å²) in [5.74, 6) is 1.32. The van der Waals surface area contributed by atoms with E-state index in [1.807, 2.05) is 12.1 Å². The Morgan fingerprint density at radius 2 is 0.750 bits per heavy atom. The van der Waals surface area contributed by atoms with Crippen LogP contribution in [-0.2, 0) is 0 Å². The van der Waals surface area contributed by atoms with E-state index in [0.29, 0.717) is 11.8 Å². The highest BCUT2D eigenvalue weighted by Crippen LogP contribution is 2.12. The first-order valence-corrected chi connectivity index (χ1v) is 6.71. The van der Waals surface area contributed by atoms with Gasteiger partial charge in [-0.2, -0.15) is 0 Å². The van der Waals surface area contributed by atoms with E-state index in [2.05, 4.69) is 76.2 Å². The van der Waals surface area contributed by atoms with Gasteiger partial charge in [0, 0.05) is 0 Å². The molecule has 0 bridgehead atoms. The lowest BCUT2D eigenvalue weighted by Gasteiger charge is -2.01. The van der Waals surface area contributed by atoms with Crippen LogP contribution in [0.3, 0.4) is 0 Å². The van der Waals surface area contributed by atoms with Gasteiger partial charge in [0.2, 0.25) is 0 Å². The van der Waals surface area contributed by atoms with Crippen LogP contribution in [0.4, 0.5) is 0 Å². The fourth-order valence-electron chi connectivity index (χ4n) is 1.68. The molecule has 2 aromatic carbocycles. The van der Waals surface area contributed by atoms with Crippen molar-refractivity contribution < 1.29 is 0 Å². The predicted molar refractivity (Wildman–Crippen MR) is 94.5 cm³/mol. The molecule has 0 saturated heterocycles. The standard InChI is InChI=1S/2C9H12.2CH4/c2*1-8(2)9-6-4-3-5-7-9;;/h2*3-8H,1-2H3;2*1H4. The lowest BCUT2D eigenvalue weighted by molar-refractivity contribution is 0.867. The third-order valence-electron chi connectivity index (χ3n) is 2.93. The first kappa shape index (κ1) is 20.8. The minimum Gasteiger partial charge on any atom is -0.0776 e. The van der Waals surface area contributed by atoms with E-state index >= 15 is 0 Å². The molecule has 0 heteroatoms. The molecule has 0 atom stereocenters. The summed E-state index contributed by atoms with van der Waals surface area (Å²) in [7, 11) is 0. The first-order valence-electron chi connectivity index (χ1n) is 6.71. The van der Waals surface area contributed by atoms with Crippen LogP contribution >= 0.6 is 0 Å². The summed E-state index contributed by atoms with van der Waals surface area (Å²) in [6, 6.07) is 21.0. The number of hydrogen-bond acceptors (Lipinski definition) is 0. The van der Waals surface area contributed by atoms with Crippen LogP contribution < -0.4 is 0 Å². The zero-order chi connectivity index (χ0) is 13.4. The van der Waals surface area contributed by atoms with Crippen molar-refractivity contribution in [1.29, 1.82) is 0 Å². The maximum absolute atomic E-state index is 2.20. The number of rotatable bonds is 2. The van der Waals surface area contributed by atoms with E-state index in [4.69, 9.17) is 0 Å². The molecule has 0 heterocycles. The van der Waals surface area contributed by atoms with Gasteiger partial charge in [-0.3, -0.25) is 0 Å². The van der Waals surface area contributed by atoms with Crippen molar-refractivity contribution in [2.45, 2.75) is 54.4 Å². The molecule has 112 valence electrons. The topological polar surface area (TPSA) is 0 Å².